The molecular weight excluding hydrogens is 440 g/mol. The molecule has 164 valence electrons. The van der Waals surface area contributed by atoms with Gasteiger partial charge in [0.2, 0.25) is 5.91 Å². The average molecular weight is 465 g/mol. The number of hydrogen-bond acceptors (Lipinski definition) is 5. The van der Waals surface area contributed by atoms with E-state index in [0.717, 1.165) is 52.8 Å². The third-order valence-electron chi connectivity index (χ3n) is 5.49. The van der Waals surface area contributed by atoms with Crippen LogP contribution in [-0.2, 0) is 10.5 Å². The van der Waals surface area contributed by atoms with Crippen LogP contribution in [0.2, 0.25) is 5.02 Å². The first kappa shape index (κ1) is 22.5. The topological polar surface area (TPSA) is 59.0 Å². The fraction of sp³-hybridized carbons (Fsp3) is 0.280. The van der Waals surface area contributed by atoms with Crippen molar-refractivity contribution in [2.75, 3.05) is 13.1 Å². The van der Waals surface area contributed by atoms with Crippen molar-refractivity contribution >= 4 is 35.3 Å². The van der Waals surface area contributed by atoms with Crippen LogP contribution in [0.5, 0.6) is 0 Å². The first-order valence-electron chi connectivity index (χ1n) is 10.7. The van der Waals surface area contributed by atoms with Gasteiger partial charge in [0.05, 0.1) is 11.4 Å². The minimum Gasteiger partial charge on any atom is -0.338 e. The summed E-state index contributed by atoms with van der Waals surface area (Å²) in [5.74, 6) is 0.940. The summed E-state index contributed by atoms with van der Waals surface area (Å²) in [6, 6.07) is 13.4. The first-order valence-corrected chi connectivity index (χ1v) is 12.0. The Labute approximate surface area is 198 Å². The van der Waals surface area contributed by atoms with Gasteiger partial charge in [-0.2, -0.15) is 0 Å². The summed E-state index contributed by atoms with van der Waals surface area (Å²) in [6.07, 6.45) is 9.06. The number of benzene rings is 1. The molecule has 0 saturated carbocycles. The molecule has 2 aromatic heterocycles. The fourth-order valence-electron chi connectivity index (χ4n) is 3.82. The summed E-state index contributed by atoms with van der Waals surface area (Å²) in [5, 5.41) is 1.39. The lowest BCUT2D eigenvalue weighted by Crippen LogP contribution is -2.38. The molecule has 0 N–H and O–H groups in total. The Morgan fingerprint density at radius 2 is 2.06 bits per heavy atom. The molecule has 3 aromatic rings. The highest BCUT2D eigenvalue weighted by Crippen LogP contribution is 2.30. The number of amides is 1. The maximum Gasteiger partial charge on any atom is 0.246 e. The maximum absolute atomic E-state index is 12.8. The summed E-state index contributed by atoms with van der Waals surface area (Å²) in [6.45, 7) is 3.46. The fourth-order valence-corrected chi connectivity index (χ4v) is 4.76. The van der Waals surface area contributed by atoms with Crippen LogP contribution in [0, 0.1) is 6.92 Å². The van der Waals surface area contributed by atoms with Gasteiger partial charge in [-0.05, 0) is 55.2 Å². The van der Waals surface area contributed by atoms with Crippen molar-refractivity contribution in [3.8, 4) is 0 Å². The molecule has 0 bridgehead atoms. The van der Waals surface area contributed by atoms with Crippen molar-refractivity contribution < 1.29 is 4.79 Å². The number of thioether (sulfide) groups is 1. The van der Waals surface area contributed by atoms with E-state index in [1.54, 1.807) is 30.1 Å². The van der Waals surface area contributed by atoms with Gasteiger partial charge in [-0.15, -0.1) is 0 Å². The van der Waals surface area contributed by atoms with E-state index in [1.807, 2.05) is 60.5 Å². The Hall–Kier alpha value is -2.70. The zero-order valence-electron chi connectivity index (χ0n) is 17.9. The van der Waals surface area contributed by atoms with Crippen LogP contribution in [0.15, 0.2) is 66.1 Å². The number of aryl methyl sites for hydroxylation is 1. The molecule has 1 fully saturated rings. The van der Waals surface area contributed by atoms with E-state index in [1.165, 1.54) is 0 Å². The highest BCUT2D eigenvalue weighted by Gasteiger charge is 2.26. The maximum atomic E-state index is 12.8. The second-order valence-electron chi connectivity index (χ2n) is 7.81. The van der Waals surface area contributed by atoms with Gasteiger partial charge >= 0.3 is 0 Å². The molecular formula is C25H25ClN4OS. The number of rotatable bonds is 6. The van der Waals surface area contributed by atoms with Crippen LogP contribution in [0.25, 0.3) is 6.08 Å². The smallest absolute Gasteiger partial charge is 0.246 e. The lowest BCUT2D eigenvalue weighted by Gasteiger charge is -2.32. The van der Waals surface area contributed by atoms with Crippen molar-refractivity contribution in [3.05, 3.63) is 88.5 Å². The second-order valence-corrected chi connectivity index (χ2v) is 9.16. The van der Waals surface area contributed by atoms with Crippen LogP contribution in [0.4, 0.5) is 0 Å². The summed E-state index contributed by atoms with van der Waals surface area (Å²) in [5.41, 5.74) is 3.95. The molecule has 1 saturated heterocycles. The van der Waals surface area contributed by atoms with Crippen molar-refractivity contribution in [1.29, 1.82) is 0 Å². The van der Waals surface area contributed by atoms with E-state index in [4.69, 9.17) is 16.6 Å². The molecule has 0 aliphatic carbocycles. The summed E-state index contributed by atoms with van der Waals surface area (Å²) >= 11 is 7.78. The van der Waals surface area contributed by atoms with E-state index in [-0.39, 0.29) is 11.8 Å². The molecule has 1 aliphatic rings. The van der Waals surface area contributed by atoms with Crippen LogP contribution in [-0.4, -0.2) is 38.8 Å². The van der Waals surface area contributed by atoms with Gasteiger partial charge in [0, 0.05) is 48.3 Å². The Balaban J connectivity index is 1.43. The van der Waals surface area contributed by atoms with Crippen molar-refractivity contribution in [1.82, 2.24) is 19.9 Å². The van der Waals surface area contributed by atoms with Gasteiger partial charge in [0.25, 0.3) is 0 Å². The van der Waals surface area contributed by atoms with Gasteiger partial charge < -0.3 is 4.90 Å². The quantitative estimate of drug-likeness (QED) is 0.272. The molecule has 0 spiro atoms. The molecule has 4 rings (SSSR count). The van der Waals surface area contributed by atoms with E-state index in [9.17, 15) is 4.79 Å². The first-order chi connectivity index (χ1) is 15.6. The minimum absolute atomic E-state index is 0.00563. The van der Waals surface area contributed by atoms with Gasteiger partial charge in [-0.25, -0.2) is 9.97 Å². The molecule has 5 nitrogen and oxygen atoms in total. The second kappa shape index (κ2) is 10.7. The number of piperidine rings is 1. The highest BCUT2D eigenvalue weighted by atomic mass is 35.5. The number of aromatic nitrogens is 3. The number of nitrogens with zero attached hydrogens (tertiary/aromatic N) is 4. The van der Waals surface area contributed by atoms with Crippen molar-refractivity contribution in [2.45, 2.75) is 36.6 Å². The molecule has 32 heavy (non-hydrogen) atoms. The number of hydrogen-bond donors (Lipinski definition) is 0. The molecule has 1 unspecified atom stereocenters. The monoisotopic (exact) mass is 464 g/mol. The van der Waals surface area contributed by atoms with E-state index < -0.39 is 0 Å². The van der Waals surface area contributed by atoms with Gasteiger partial charge in [0.1, 0.15) is 0 Å². The van der Waals surface area contributed by atoms with Crippen LogP contribution < -0.4 is 0 Å². The molecule has 1 aliphatic heterocycles. The summed E-state index contributed by atoms with van der Waals surface area (Å²) in [4.78, 5) is 28.4. The van der Waals surface area contributed by atoms with E-state index in [0.29, 0.717) is 11.6 Å². The zero-order chi connectivity index (χ0) is 22.3. The Morgan fingerprint density at radius 1 is 1.22 bits per heavy atom. The number of carbonyl (C=O) groups excluding carboxylic acids is 1. The SMILES string of the molecule is Cc1cnc(SCc2ccccn2)nc1C1CCCN(C(=O)/C=C/c2ccccc2Cl)C1. The molecule has 1 atom stereocenters. The van der Waals surface area contributed by atoms with Gasteiger partial charge in [-0.1, -0.05) is 47.6 Å². The zero-order valence-corrected chi connectivity index (χ0v) is 19.5. The van der Waals surface area contributed by atoms with Crippen molar-refractivity contribution in [2.24, 2.45) is 0 Å². The van der Waals surface area contributed by atoms with Crippen LogP contribution in [0.3, 0.4) is 0 Å². The standard InChI is InChI=1S/C25H25ClN4OS/c1-18-15-28-25(32-17-21-9-4-5-13-27-21)29-24(18)20-8-6-14-30(16-20)23(31)12-11-19-7-2-3-10-22(19)26/h2-5,7,9-13,15,20H,6,8,14,16-17H2,1H3/b12-11+. The molecule has 3 heterocycles. The largest absolute Gasteiger partial charge is 0.338 e. The third-order valence-corrected chi connectivity index (χ3v) is 6.73. The highest BCUT2D eigenvalue weighted by molar-refractivity contribution is 7.98. The summed E-state index contributed by atoms with van der Waals surface area (Å²) < 4.78 is 0. The number of pyridine rings is 1. The normalized spacial score (nSPS) is 16.4. The van der Waals surface area contributed by atoms with E-state index >= 15 is 0 Å². The Kier molecular flexibility index (Phi) is 7.55. The minimum atomic E-state index is 0.00563. The average Bonchev–Trinajstić information content (AvgIpc) is 2.83. The Bertz CT molecular complexity index is 1110. The number of halogens is 1. The van der Waals surface area contributed by atoms with Gasteiger partial charge in [0.15, 0.2) is 5.16 Å². The number of carbonyl (C=O) groups is 1. The predicted octanol–water partition coefficient (Wildman–Crippen LogP) is 5.55. The lowest BCUT2D eigenvalue weighted by atomic mass is 9.92. The lowest BCUT2D eigenvalue weighted by molar-refractivity contribution is -0.127. The molecule has 1 aromatic carbocycles. The molecule has 7 heteroatoms. The van der Waals surface area contributed by atoms with E-state index in [2.05, 4.69) is 9.97 Å². The third kappa shape index (κ3) is 5.75. The summed E-state index contributed by atoms with van der Waals surface area (Å²) in [7, 11) is 0. The Morgan fingerprint density at radius 3 is 2.88 bits per heavy atom. The van der Waals surface area contributed by atoms with Crippen molar-refractivity contribution in [3.63, 3.8) is 0 Å². The predicted molar refractivity (Wildman–Crippen MR) is 130 cm³/mol. The van der Waals surface area contributed by atoms with Crippen LogP contribution >= 0.6 is 23.4 Å². The molecule has 0 radical (unpaired) electrons. The number of likely N-dealkylation sites (tertiary alicyclic amines) is 1. The molecule has 1 amide bonds. The van der Waals surface area contributed by atoms with Gasteiger partial charge in [-0.3, -0.25) is 9.78 Å². The van der Waals surface area contributed by atoms with Crippen LogP contribution in [0.1, 0.15) is 41.3 Å².